The zero-order valence-corrected chi connectivity index (χ0v) is 7.90. The lowest BCUT2D eigenvalue weighted by atomic mass is 9.87. The second-order valence-corrected chi connectivity index (χ2v) is 4.29. The maximum atomic E-state index is 5.49. The van der Waals surface area contributed by atoms with E-state index in [1.165, 1.54) is 19.3 Å². The molecule has 0 aromatic carbocycles. The van der Waals surface area contributed by atoms with E-state index in [2.05, 4.69) is 5.16 Å². The molecule has 2 saturated carbocycles. The van der Waals surface area contributed by atoms with Crippen LogP contribution < -0.4 is 0 Å². The standard InChI is InChI=1S/C10H15NO2/c1-2-12-10-8-6-3-4-7(5-6)9(8)13-11-10/h6-9H,2-5H2,1H3. The van der Waals surface area contributed by atoms with Gasteiger partial charge in [0.2, 0.25) is 5.90 Å². The van der Waals surface area contributed by atoms with Crippen molar-refractivity contribution in [1.82, 2.24) is 0 Å². The van der Waals surface area contributed by atoms with Crippen LogP contribution in [0.15, 0.2) is 5.16 Å². The van der Waals surface area contributed by atoms with Crippen LogP contribution in [0.2, 0.25) is 0 Å². The van der Waals surface area contributed by atoms with Crippen molar-refractivity contribution in [2.24, 2.45) is 22.9 Å². The van der Waals surface area contributed by atoms with Crippen molar-refractivity contribution in [3.63, 3.8) is 0 Å². The fourth-order valence-corrected chi connectivity index (χ4v) is 3.18. The monoisotopic (exact) mass is 181 g/mol. The van der Waals surface area contributed by atoms with Crippen LogP contribution in [0.4, 0.5) is 0 Å². The fraction of sp³-hybridized carbons (Fsp3) is 0.900. The Morgan fingerprint density at radius 1 is 1.46 bits per heavy atom. The molecule has 0 N–H and O–H groups in total. The number of fused-ring (bicyclic) bond motifs is 5. The molecule has 0 radical (unpaired) electrons. The highest BCUT2D eigenvalue weighted by atomic mass is 16.7. The highest BCUT2D eigenvalue weighted by molar-refractivity contribution is 5.81. The van der Waals surface area contributed by atoms with E-state index < -0.39 is 0 Å². The number of hydrogen-bond donors (Lipinski definition) is 0. The largest absolute Gasteiger partial charge is 0.479 e. The van der Waals surface area contributed by atoms with Crippen LogP contribution in [0.25, 0.3) is 0 Å². The topological polar surface area (TPSA) is 30.8 Å². The van der Waals surface area contributed by atoms with Crippen LogP contribution in [-0.4, -0.2) is 18.6 Å². The van der Waals surface area contributed by atoms with E-state index in [1.807, 2.05) is 6.92 Å². The molecule has 0 spiro atoms. The number of oxime groups is 1. The summed E-state index contributed by atoms with van der Waals surface area (Å²) < 4.78 is 5.49. The summed E-state index contributed by atoms with van der Waals surface area (Å²) in [6.07, 6.45) is 4.38. The average Bonchev–Trinajstić information content (AvgIpc) is 2.74. The minimum Gasteiger partial charge on any atom is -0.479 e. The van der Waals surface area contributed by atoms with Crippen LogP contribution in [-0.2, 0) is 9.57 Å². The molecule has 72 valence electrons. The lowest BCUT2D eigenvalue weighted by Crippen LogP contribution is -2.30. The SMILES string of the molecule is CCOC1=NOC2C3CCC(C3)C12. The van der Waals surface area contributed by atoms with E-state index in [9.17, 15) is 0 Å². The predicted octanol–water partition coefficient (Wildman–Crippen LogP) is 1.78. The minimum atomic E-state index is 0.361. The third-order valence-electron chi connectivity index (χ3n) is 3.68. The Balaban J connectivity index is 1.81. The molecule has 0 amide bonds. The molecule has 0 aromatic rings. The van der Waals surface area contributed by atoms with Gasteiger partial charge in [-0.15, -0.1) is 0 Å². The fourth-order valence-electron chi connectivity index (χ4n) is 3.18. The molecule has 4 atom stereocenters. The van der Waals surface area contributed by atoms with Gasteiger partial charge in [-0.05, 0) is 38.0 Å². The Hall–Kier alpha value is -0.730. The summed E-state index contributed by atoms with van der Waals surface area (Å²) in [5.74, 6) is 2.93. The van der Waals surface area contributed by atoms with Crippen molar-refractivity contribution < 1.29 is 9.57 Å². The Kier molecular flexibility index (Phi) is 1.55. The van der Waals surface area contributed by atoms with E-state index >= 15 is 0 Å². The zero-order chi connectivity index (χ0) is 8.84. The summed E-state index contributed by atoms with van der Waals surface area (Å²) in [6, 6.07) is 0. The Bertz CT molecular complexity index is 251. The molecule has 3 rings (SSSR count). The normalized spacial score (nSPS) is 45.8. The van der Waals surface area contributed by atoms with Gasteiger partial charge in [-0.3, -0.25) is 0 Å². The Morgan fingerprint density at radius 2 is 2.31 bits per heavy atom. The van der Waals surface area contributed by atoms with Crippen molar-refractivity contribution >= 4 is 5.90 Å². The zero-order valence-electron chi connectivity index (χ0n) is 7.90. The lowest BCUT2D eigenvalue weighted by molar-refractivity contribution is 0.0274. The molecule has 3 nitrogen and oxygen atoms in total. The quantitative estimate of drug-likeness (QED) is 0.617. The van der Waals surface area contributed by atoms with Crippen molar-refractivity contribution in [3.05, 3.63) is 0 Å². The van der Waals surface area contributed by atoms with Gasteiger partial charge in [0, 0.05) is 0 Å². The number of ether oxygens (including phenoxy) is 1. The van der Waals surface area contributed by atoms with Crippen molar-refractivity contribution in [3.8, 4) is 0 Å². The summed E-state index contributed by atoms with van der Waals surface area (Å²) in [6.45, 7) is 2.71. The van der Waals surface area contributed by atoms with Gasteiger partial charge in [-0.25, -0.2) is 0 Å². The van der Waals surface area contributed by atoms with Crippen LogP contribution in [0.3, 0.4) is 0 Å². The van der Waals surface area contributed by atoms with Gasteiger partial charge in [-0.1, -0.05) is 5.16 Å². The third kappa shape index (κ3) is 0.930. The van der Waals surface area contributed by atoms with Crippen LogP contribution in [0.1, 0.15) is 26.2 Å². The minimum absolute atomic E-state index is 0.361. The van der Waals surface area contributed by atoms with Gasteiger partial charge in [0.05, 0.1) is 12.5 Å². The molecule has 2 fully saturated rings. The Labute approximate surface area is 78.1 Å². The first-order valence-electron chi connectivity index (χ1n) is 5.26. The third-order valence-corrected chi connectivity index (χ3v) is 3.68. The van der Waals surface area contributed by atoms with Gasteiger partial charge >= 0.3 is 0 Å². The predicted molar refractivity (Wildman–Crippen MR) is 48.3 cm³/mol. The van der Waals surface area contributed by atoms with Gasteiger partial charge in [0.1, 0.15) is 6.10 Å². The summed E-state index contributed by atoms with van der Waals surface area (Å²) in [7, 11) is 0. The maximum absolute atomic E-state index is 5.49. The first-order valence-corrected chi connectivity index (χ1v) is 5.26. The van der Waals surface area contributed by atoms with Gasteiger partial charge in [0.25, 0.3) is 0 Å². The van der Waals surface area contributed by atoms with E-state index in [0.717, 1.165) is 17.7 Å². The first-order chi connectivity index (χ1) is 6.40. The molecule has 1 aliphatic heterocycles. The highest BCUT2D eigenvalue weighted by Crippen LogP contribution is 2.52. The molecule has 3 aliphatic rings. The lowest BCUT2D eigenvalue weighted by Gasteiger charge is -2.22. The number of nitrogens with zero attached hydrogens (tertiary/aromatic N) is 1. The molecule has 2 aliphatic carbocycles. The summed E-state index contributed by atoms with van der Waals surface area (Å²) >= 11 is 0. The summed E-state index contributed by atoms with van der Waals surface area (Å²) in [5, 5.41) is 4.05. The molecule has 4 unspecified atom stereocenters. The van der Waals surface area contributed by atoms with Crippen LogP contribution in [0, 0.1) is 17.8 Å². The van der Waals surface area contributed by atoms with E-state index in [1.54, 1.807) is 0 Å². The molecule has 3 heteroatoms. The van der Waals surface area contributed by atoms with Gasteiger partial charge in [-0.2, -0.15) is 0 Å². The van der Waals surface area contributed by atoms with E-state index in [-0.39, 0.29) is 0 Å². The number of rotatable bonds is 1. The number of hydrogen-bond acceptors (Lipinski definition) is 3. The smallest absolute Gasteiger partial charge is 0.232 e. The molecule has 2 bridgehead atoms. The average molecular weight is 181 g/mol. The van der Waals surface area contributed by atoms with Crippen LogP contribution >= 0.6 is 0 Å². The van der Waals surface area contributed by atoms with Crippen LogP contribution in [0.5, 0.6) is 0 Å². The van der Waals surface area contributed by atoms with E-state index in [4.69, 9.17) is 9.57 Å². The first kappa shape index (κ1) is 7.65. The highest BCUT2D eigenvalue weighted by Gasteiger charge is 2.55. The second-order valence-electron chi connectivity index (χ2n) is 4.29. The summed E-state index contributed by atoms with van der Waals surface area (Å²) in [5.41, 5.74) is 0. The summed E-state index contributed by atoms with van der Waals surface area (Å²) in [4.78, 5) is 5.44. The molecular formula is C10H15NO2. The van der Waals surface area contributed by atoms with E-state index in [0.29, 0.717) is 18.6 Å². The Morgan fingerprint density at radius 3 is 3.15 bits per heavy atom. The molecule has 13 heavy (non-hydrogen) atoms. The van der Waals surface area contributed by atoms with Crippen molar-refractivity contribution in [1.29, 1.82) is 0 Å². The molecule has 0 saturated heterocycles. The van der Waals surface area contributed by atoms with Gasteiger partial charge < -0.3 is 9.57 Å². The molecule has 0 aromatic heterocycles. The maximum Gasteiger partial charge on any atom is 0.232 e. The molecule has 1 heterocycles. The van der Waals surface area contributed by atoms with Crippen molar-refractivity contribution in [2.45, 2.75) is 32.3 Å². The molecular weight excluding hydrogens is 166 g/mol. The second kappa shape index (κ2) is 2.63. The van der Waals surface area contributed by atoms with Gasteiger partial charge in [0.15, 0.2) is 0 Å². The van der Waals surface area contributed by atoms with Crippen molar-refractivity contribution in [2.75, 3.05) is 6.61 Å².